The highest BCUT2D eigenvalue weighted by Crippen LogP contribution is 2.17. The number of hydrogen-bond acceptors (Lipinski definition) is 5. The second-order valence-electron chi connectivity index (χ2n) is 5.61. The highest BCUT2D eigenvalue weighted by atomic mass is 16.5. The zero-order valence-electron chi connectivity index (χ0n) is 13.2. The average molecular weight is 322 g/mol. The molecule has 7 heteroatoms. The summed E-state index contributed by atoms with van der Waals surface area (Å²) in [4.78, 5) is 35.2. The molecule has 0 aromatic carbocycles. The van der Waals surface area contributed by atoms with Gasteiger partial charge in [0, 0.05) is 12.6 Å². The van der Waals surface area contributed by atoms with Crippen LogP contribution in [0.3, 0.4) is 0 Å². The Balaban J connectivity index is 1.63. The molecule has 7 nitrogen and oxygen atoms in total. The van der Waals surface area contributed by atoms with Crippen molar-refractivity contribution in [2.45, 2.75) is 51.2 Å². The van der Waals surface area contributed by atoms with Crippen LogP contribution in [-0.4, -0.2) is 36.5 Å². The fourth-order valence-corrected chi connectivity index (χ4v) is 2.47. The molecule has 0 unspecified atom stereocenters. The largest absolute Gasteiger partial charge is 0.459 e. The summed E-state index contributed by atoms with van der Waals surface area (Å²) < 4.78 is 10.0. The molecule has 1 atom stereocenters. The second-order valence-corrected chi connectivity index (χ2v) is 5.61. The molecular formula is C16H22N2O5. The first-order valence-electron chi connectivity index (χ1n) is 7.88. The predicted molar refractivity (Wildman–Crippen MR) is 81.6 cm³/mol. The molecule has 1 aliphatic rings. The minimum absolute atomic E-state index is 0.00645. The van der Waals surface area contributed by atoms with Crippen molar-refractivity contribution in [3.8, 4) is 0 Å². The molecule has 1 heterocycles. The Labute approximate surface area is 134 Å². The first-order valence-corrected chi connectivity index (χ1v) is 7.88. The van der Waals surface area contributed by atoms with Gasteiger partial charge in [-0.2, -0.15) is 0 Å². The summed E-state index contributed by atoms with van der Waals surface area (Å²) in [5.41, 5.74) is 0. The number of nitrogens with one attached hydrogen (secondary N) is 2. The monoisotopic (exact) mass is 322 g/mol. The highest BCUT2D eigenvalue weighted by molar-refractivity contribution is 5.91. The number of esters is 1. The molecule has 0 saturated heterocycles. The van der Waals surface area contributed by atoms with E-state index in [9.17, 15) is 14.4 Å². The van der Waals surface area contributed by atoms with E-state index in [1.807, 2.05) is 0 Å². The van der Waals surface area contributed by atoms with Crippen molar-refractivity contribution in [1.29, 1.82) is 0 Å². The van der Waals surface area contributed by atoms with Crippen LogP contribution in [0.2, 0.25) is 0 Å². The highest BCUT2D eigenvalue weighted by Gasteiger charge is 2.23. The smallest absolute Gasteiger partial charge is 0.308 e. The van der Waals surface area contributed by atoms with Crippen molar-refractivity contribution in [3.63, 3.8) is 0 Å². The van der Waals surface area contributed by atoms with Crippen molar-refractivity contribution in [2.24, 2.45) is 0 Å². The van der Waals surface area contributed by atoms with E-state index in [-0.39, 0.29) is 30.7 Å². The number of furan rings is 1. The van der Waals surface area contributed by atoms with Crippen LogP contribution in [0.15, 0.2) is 22.8 Å². The van der Waals surface area contributed by atoms with Crippen LogP contribution >= 0.6 is 0 Å². The zero-order chi connectivity index (χ0) is 16.7. The summed E-state index contributed by atoms with van der Waals surface area (Å²) in [5, 5.41) is 5.42. The molecule has 0 bridgehead atoms. The summed E-state index contributed by atoms with van der Waals surface area (Å²) >= 11 is 0. The number of ether oxygens (including phenoxy) is 1. The van der Waals surface area contributed by atoms with Gasteiger partial charge in [-0.05, 0) is 31.9 Å². The molecule has 1 fully saturated rings. The second kappa shape index (κ2) is 8.36. The normalized spacial score (nSPS) is 15.9. The Hall–Kier alpha value is -2.31. The molecule has 1 aliphatic carbocycles. The number of rotatable bonds is 7. The molecule has 1 aromatic rings. The van der Waals surface area contributed by atoms with E-state index in [2.05, 4.69) is 10.6 Å². The van der Waals surface area contributed by atoms with E-state index in [1.54, 1.807) is 13.0 Å². The Morgan fingerprint density at radius 3 is 2.74 bits per heavy atom. The van der Waals surface area contributed by atoms with Crippen LogP contribution in [-0.2, 0) is 14.3 Å². The first kappa shape index (κ1) is 17.1. The van der Waals surface area contributed by atoms with Gasteiger partial charge in [-0.15, -0.1) is 0 Å². The molecule has 1 aromatic heterocycles. The maximum Gasteiger partial charge on any atom is 0.308 e. The number of carbonyl (C=O) groups excluding carboxylic acids is 3. The van der Waals surface area contributed by atoms with E-state index in [1.165, 1.54) is 12.3 Å². The van der Waals surface area contributed by atoms with Crippen molar-refractivity contribution >= 4 is 17.8 Å². The minimum atomic E-state index is -0.830. The fourth-order valence-electron chi connectivity index (χ4n) is 2.47. The molecule has 2 N–H and O–H groups in total. The lowest BCUT2D eigenvalue weighted by molar-refractivity contribution is -0.154. The summed E-state index contributed by atoms with van der Waals surface area (Å²) in [6, 6.07) is 3.33. The van der Waals surface area contributed by atoms with Crippen LogP contribution in [0.1, 0.15) is 49.6 Å². The van der Waals surface area contributed by atoms with Gasteiger partial charge in [0.1, 0.15) is 0 Å². The van der Waals surface area contributed by atoms with Crippen LogP contribution in [0, 0.1) is 0 Å². The third kappa shape index (κ3) is 5.43. The van der Waals surface area contributed by atoms with E-state index in [0.717, 1.165) is 25.7 Å². The Bertz CT molecular complexity index is 535. The maximum absolute atomic E-state index is 11.9. The Morgan fingerprint density at radius 2 is 2.09 bits per heavy atom. The summed E-state index contributed by atoms with van der Waals surface area (Å²) in [6.45, 7) is 1.67. The molecule has 0 aliphatic heterocycles. The zero-order valence-corrected chi connectivity index (χ0v) is 13.2. The van der Waals surface area contributed by atoms with Crippen LogP contribution < -0.4 is 10.6 Å². The number of hydrogen-bond donors (Lipinski definition) is 2. The van der Waals surface area contributed by atoms with Gasteiger partial charge >= 0.3 is 5.97 Å². The van der Waals surface area contributed by atoms with Crippen molar-refractivity contribution < 1.29 is 23.5 Å². The molecule has 0 radical (unpaired) electrons. The van der Waals surface area contributed by atoms with Gasteiger partial charge in [0.2, 0.25) is 0 Å². The van der Waals surface area contributed by atoms with Crippen molar-refractivity contribution in [3.05, 3.63) is 24.2 Å². The van der Waals surface area contributed by atoms with E-state index in [4.69, 9.17) is 9.15 Å². The quantitative estimate of drug-likeness (QED) is 0.739. The van der Waals surface area contributed by atoms with Crippen molar-refractivity contribution in [2.75, 3.05) is 6.54 Å². The Morgan fingerprint density at radius 1 is 1.35 bits per heavy atom. The molecule has 0 spiro atoms. The lowest BCUT2D eigenvalue weighted by Crippen LogP contribution is -2.41. The standard InChI is InChI=1S/C16H22N2O5/c1-11(15(20)18-12-5-2-3-6-12)23-14(19)8-9-17-16(21)13-7-4-10-22-13/h4,7,10-12H,2-3,5-6,8-9H2,1H3,(H,17,21)(H,18,20)/t11-/m0/s1. The molecular weight excluding hydrogens is 300 g/mol. The predicted octanol–water partition coefficient (Wildman–Crippen LogP) is 1.39. The summed E-state index contributed by atoms with van der Waals surface area (Å²) in [5.74, 6) is -1.01. The van der Waals surface area contributed by atoms with Crippen molar-refractivity contribution in [1.82, 2.24) is 10.6 Å². The van der Waals surface area contributed by atoms with Gasteiger partial charge in [-0.3, -0.25) is 14.4 Å². The SMILES string of the molecule is C[C@H](OC(=O)CCNC(=O)c1ccco1)C(=O)NC1CCCC1. The summed E-state index contributed by atoms with van der Waals surface area (Å²) in [6.07, 6.45) is 4.75. The van der Waals surface area contributed by atoms with Gasteiger partial charge in [0.25, 0.3) is 11.8 Å². The fraction of sp³-hybridized carbons (Fsp3) is 0.562. The van der Waals surface area contributed by atoms with Crippen LogP contribution in [0.4, 0.5) is 0 Å². The van der Waals surface area contributed by atoms with Gasteiger partial charge in [0.05, 0.1) is 12.7 Å². The van der Waals surface area contributed by atoms with Gasteiger partial charge < -0.3 is 19.8 Å². The van der Waals surface area contributed by atoms with Crippen LogP contribution in [0.5, 0.6) is 0 Å². The third-order valence-electron chi connectivity index (χ3n) is 3.74. The molecule has 1 saturated carbocycles. The maximum atomic E-state index is 11.9. The van der Waals surface area contributed by atoms with Gasteiger partial charge in [0.15, 0.2) is 11.9 Å². The van der Waals surface area contributed by atoms with Gasteiger partial charge in [-0.1, -0.05) is 12.8 Å². The molecule has 126 valence electrons. The van der Waals surface area contributed by atoms with Gasteiger partial charge in [-0.25, -0.2) is 0 Å². The molecule has 2 rings (SSSR count). The minimum Gasteiger partial charge on any atom is -0.459 e. The molecule has 2 amide bonds. The first-order chi connectivity index (χ1) is 11.1. The lowest BCUT2D eigenvalue weighted by atomic mass is 10.2. The number of amides is 2. The molecule has 23 heavy (non-hydrogen) atoms. The lowest BCUT2D eigenvalue weighted by Gasteiger charge is -2.17. The average Bonchev–Trinajstić information content (AvgIpc) is 3.20. The van der Waals surface area contributed by atoms with E-state index >= 15 is 0 Å². The van der Waals surface area contributed by atoms with Crippen LogP contribution in [0.25, 0.3) is 0 Å². The topological polar surface area (TPSA) is 97.6 Å². The van der Waals surface area contributed by atoms with E-state index < -0.39 is 18.0 Å². The van der Waals surface area contributed by atoms with E-state index in [0.29, 0.717) is 0 Å². The Kier molecular flexibility index (Phi) is 6.19. The summed E-state index contributed by atoms with van der Waals surface area (Å²) in [7, 11) is 0. The number of carbonyl (C=O) groups is 3. The third-order valence-corrected chi connectivity index (χ3v) is 3.74.